The van der Waals surface area contributed by atoms with Gasteiger partial charge in [0.1, 0.15) is 18.1 Å². The van der Waals surface area contributed by atoms with Crippen molar-refractivity contribution in [3.05, 3.63) is 59.8 Å². The highest BCUT2D eigenvalue weighted by atomic mass is 19.1. The lowest BCUT2D eigenvalue weighted by Crippen LogP contribution is -2.35. The van der Waals surface area contributed by atoms with Gasteiger partial charge >= 0.3 is 0 Å². The van der Waals surface area contributed by atoms with Gasteiger partial charge in [0.15, 0.2) is 0 Å². The highest BCUT2D eigenvalue weighted by Gasteiger charge is 2.26. The molecule has 0 bridgehead atoms. The third-order valence-electron chi connectivity index (χ3n) is 5.99. The maximum absolute atomic E-state index is 12.8. The van der Waals surface area contributed by atoms with Crippen LogP contribution >= 0.6 is 0 Å². The maximum atomic E-state index is 12.8. The Labute approximate surface area is 171 Å². The first-order valence-corrected chi connectivity index (χ1v) is 10.3. The molecule has 1 N–H and O–H groups in total. The Balaban J connectivity index is 1.36. The fourth-order valence-electron chi connectivity index (χ4n) is 4.19. The van der Waals surface area contributed by atoms with Crippen LogP contribution in [0.25, 0.3) is 10.9 Å². The second-order valence-corrected chi connectivity index (χ2v) is 8.25. The molecular weight excluding hydrogens is 367 g/mol. The van der Waals surface area contributed by atoms with E-state index >= 15 is 0 Å². The zero-order valence-corrected chi connectivity index (χ0v) is 17.1. The summed E-state index contributed by atoms with van der Waals surface area (Å²) in [6.45, 7) is 7.16. The molecule has 1 saturated heterocycles. The first-order valence-electron chi connectivity index (χ1n) is 10.3. The van der Waals surface area contributed by atoms with E-state index in [1.54, 1.807) is 6.07 Å². The average Bonchev–Trinajstić information content (AvgIpc) is 3.32. The number of likely N-dealkylation sites (tertiary alicyclic amines) is 1. The number of hydrogen-bond donors (Lipinski definition) is 1. The standard InChI is InChI=1S/C24H29FN2O2/c1-17-13-27(24-8-5-21(28)11-23(17)24)14-19-3-6-22(7-4-19)29-16-18(2)26-10-9-20(12-25)15-26/h3-8,11,13,18,20,28H,9-10,12,14-16H2,1-2H3/t18-,20-/m0/s1. The van der Waals surface area contributed by atoms with Gasteiger partial charge in [0.2, 0.25) is 0 Å². The topological polar surface area (TPSA) is 37.6 Å². The van der Waals surface area contributed by atoms with Crippen molar-refractivity contribution in [3.8, 4) is 11.5 Å². The predicted molar refractivity (Wildman–Crippen MR) is 114 cm³/mol. The monoisotopic (exact) mass is 396 g/mol. The summed E-state index contributed by atoms with van der Waals surface area (Å²) in [7, 11) is 0. The van der Waals surface area contributed by atoms with Crippen LogP contribution in [0.5, 0.6) is 11.5 Å². The summed E-state index contributed by atoms with van der Waals surface area (Å²) < 4.78 is 21.0. The van der Waals surface area contributed by atoms with Crippen molar-refractivity contribution >= 4 is 10.9 Å². The van der Waals surface area contributed by atoms with Crippen LogP contribution in [0.2, 0.25) is 0 Å². The van der Waals surface area contributed by atoms with Crippen molar-refractivity contribution < 1.29 is 14.2 Å². The number of nitrogens with zero attached hydrogens (tertiary/aromatic N) is 2. The molecule has 0 unspecified atom stereocenters. The molecule has 1 aliphatic heterocycles. The van der Waals surface area contributed by atoms with Crippen LogP contribution < -0.4 is 4.74 Å². The lowest BCUT2D eigenvalue weighted by atomic mass is 10.1. The van der Waals surface area contributed by atoms with E-state index in [0.29, 0.717) is 12.4 Å². The third kappa shape index (κ3) is 4.40. The zero-order chi connectivity index (χ0) is 20.4. The first-order chi connectivity index (χ1) is 14.0. The average molecular weight is 397 g/mol. The van der Waals surface area contributed by atoms with Gasteiger partial charge in [-0.05, 0) is 68.3 Å². The van der Waals surface area contributed by atoms with Crippen molar-refractivity contribution in [1.82, 2.24) is 9.47 Å². The largest absolute Gasteiger partial charge is 0.508 e. The Kier molecular flexibility index (Phi) is 5.76. The number of aryl methyl sites for hydroxylation is 1. The van der Waals surface area contributed by atoms with Gasteiger partial charge in [-0.2, -0.15) is 0 Å². The van der Waals surface area contributed by atoms with Gasteiger partial charge in [0.25, 0.3) is 0 Å². The van der Waals surface area contributed by atoms with Gasteiger partial charge in [-0.1, -0.05) is 12.1 Å². The first kappa shape index (κ1) is 19.8. The quantitative estimate of drug-likeness (QED) is 0.626. The SMILES string of the molecule is Cc1cn(Cc2ccc(OC[C@H](C)N3CC[C@@H](CF)C3)cc2)c2ccc(O)cc12. The number of fused-ring (bicyclic) bond motifs is 1. The molecule has 1 fully saturated rings. The zero-order valence-electron chi connectivity index (χ0n) is 17.1. The molecule has 4 rings (SSSR count). The second-order valence-electron chi connectivity index (χ2n) is 8.25. The molecule has 0 saturated carbocycles. The number of phenolic OH excluding ortho intramolecular Hbond substituents is 1. The highest BCUT2D eigenvalue weighted by Crippen LogP contribution is 2.26. The Morgan fingerprint density at radius 3 is 2.72 bits per heavy atom. The van der Waals surface area contributed by atoms with E-state index in [9.17, 15) is 9.50 Å². The Hall–Kier alpha value is -2.53. The Morgan fingerprint density at radius 1 is 1.21 bits per heavy atom. The number of hydrogen-bond acceptors (Lipinski definition) is 3. The number of aromatic nitrogens is 1. The van der Waals surface area contributed by atoms with Gasteiger partial charge in [-0.15, -0.1) is 0 Å². The Bertz CT molecular complexity index is 967. The van der Waals surface area contributed by atoms with Crippen molar-refractivity contribution in [3.63, 3.8) is 0 Å². The number of benzene rings is 2. The molecule has 1 aromatic heterocycles. The van der Waals surface area contributed by atoms with Crippen molar-refractivity contribution in [1.29, 1.82) is 0 Å². The molecule has 1 aliphatic rings. The van der Waals surface area contributed by atoms with E-state index in [0.717, 1.165) is 48.3 Å². The Morgan fingerprint density at radius 2 is 2.00 bits per heavy atom. The van der Waals surface area contributed by atoms with E-state index in [-0.39, 0.29) is 18.6 Å². The maximum Gasteiger partial charge on any atom is 0.119 e. The summed E-state index contributed by atoms with van der Waals surface area (Å²) in [5.41, 5.74) is 3.47. The van der Waals surface area contributed by atoms with Crippen LogP contribution in [0, 0.1) is 12.8 Å². The fraction of sp³-hybridized carbons (Fsp3) is 0.417. The summed E-state index contributed by atoms with van der Waals surface area (Å²) in [6, 6.07) is 14.0. The molecule has 4 nitrogen and oxygen atoms in total. The van der Waals surface area contributed by atoms with Gasteiger partial charge in [0, 0.05) is 42.1 Å². The fourth-order valence-corrected chi connectivity index (χ4v) is 4.19. The van der Waals surface area contributed by atoms with Gasteiger partial charge in [0.05, 0.1) is 6.67 Å². The van der Waals surface area contributed by atoms with Gasteiger partial charge in [-0.3, -0.25) is 9.29 Å². The van der Waals surface area contributed by atoms with E-state index in [4.69, 9.17) is 4.74 Å². The van der Waals surface area contributed by atoms with Crippen molar-refractivity contribution in [2.24, 2.45) is 5.92 Å². The molecule has 0 spiro atoms. The minimum Gasteiger partial charge on any atom is -0.508 e. The van der Waals surface area contributed by atoms with E-state index in [1.807, 2.05) is 24.3 Å². The molecule has 0 radical (unpaired) electrons. The minimum absolute atomic E-state index is 0.189. The summed E-state index contributed by atoms with van der Waals surface area (Å²) in [4.78, 5) is 2.32. The molecule has 0 aliphatic carbocycles. The number of rotatable bonds is 7. The normalized spacial score (nSPS) is 18.4. The van der Waals surface area contributed by atoms with Crippen LogP contribution in [0.3, 0.4) is 0 Å². The molecule has 29 heavy (non-hydrogen) atoms. The molecule has 5 heteroatoms. The van der Waals surface area contributed by atoms with E-state index < -0.39 is 0 Å². The number of halogens is 1. The number of phenols is 1. The highest BCUT2D eigenvalue weighted by molar-refractivity contribution is 5.85. The summed E-state index contributed by atoms with van der Waals surface area (Å²) >= 11 is 0. The van der Waals surface area contributed by atoms with Crippen LogP contribution in [-0.4, -0.2) is 47.0 Å². The summed E-state index contributed by atoms with van der Waals surface area (Å²) in [6.07, 6.45) is 3.07. The minimum atomic E-state index is -0.219. The molecular formula is C24H29FN2O2. The van der Waals surface area contributed by atoms with Gasteiger partial charge in [-0.25, -0.2) is 0 Å². The molecule has 2 aromatic carbocycles. The van der Waals surface area contributed by atoms with Crippen LogP contribution in [0.1, 0.15) is 24.5 Å². The predicted octanol–water partition coefficient (Wildman–Crippen LogP) is 4.76. The number of aromatic hydroxyl groups is 1. The molecule has 154 valence electrons. The smallest absolute Gasteiger partial charge is 0.119 e. The van der Waals surface area contributed by atoms with E-state index in [2.05, 4.69) is 41.6 Å². The molecule has 2 heterocycles. The lowest BCUT2D eigenvalue weighted by molar-refractivity contribution is 0.165. The van der Waals surface area contributed by atoms with Gasteiger partial charge < -0.3 is 14.4 Å². The van der Waals surface area contributed by atoms with Crippen LogP contribution in [-0.2, 0) is 6.54 Å². The number of alkyl halides is 1. The summed E-state index contributed by atoms with van der Waals surface area (Å²) in [5.74, 6) is 1.35. The third-order valence-corrected chi connectivity index (χ3v) is 5.99. The second kappa shape index (κ2) is 8.46. The van der Waals surface area contributed by atoms with E-state index in [1.165, 1.54) is 5.56 Å². The molecule has 2 atom stereocenters. The van der Waals surface area contributed by atoms with Crippen molar-refractivity contribution in [2.45, 2.75) is 32.9 Å². The lowest BCUT2D eigenvalue weighted by Gasteiger charge is -2.24. The summed E-state index contributed by atoms with van der Waals surface area (Å²) in [5, 5.41) is 10.8. The molecule has 3 aromatic rings. The van der Waals surface area contributed by atoms with Crippen LogP contribution in [0.15, 0.2) is 48.7 Å². The molecule has 0 amide bonds. The van der Waals surface area contributed by atoms with Crippen molar-refractivity contribution in [2.75, 3.05) is 26.4 Å². The van der Waals surface area contributed by atoms with Crippen LogP contribution in [0.4, 0.5) is 4.39 Å². The number of ether oxygens (including phenoxy) is 1.